The number of nitrogens with one attached hydrogen (secondary N) is 2. The molecule has 0 aliphatic carbocycles. The van der Waals surface area contributed by atoms with Crippen LogP contribution in [-0.2, 0) is 52.1 Å². The van der Waals surface area contributed by atoms with Crippen molar-refractivity contribution in [2.45, 2.75) is 46.1 Å². The molecule has 15 heteroatoms. The van der Waals surface area contributed by atoms with Gasteiger partial charge in [0.1, 0.15) is 12.2 Å². The molecule has 0 aliphatic heterocycles. The van der Waals surface area contributed by atoms with E-state index < -0.39 is 11.7 Å². The second-order valence-electron chi connectivity index (χ2n) is 11.9. The largest absolute Gasteiger partial charge is 0.460 e. The number of unbranched alkanes of at least 4 members (excludes halogenated alkanes) is 1. The molecule has 0 spiro atoms. The highest BCUT2D eigenvalue weighted by molar-refractivity contribution is 5.89. The Morgan fingerprint density at radius 1 is 0.529 bits per heavy atom. The number of ether oxygens (including phenoxy) is 11. The van der Waals surface area contributed by atoms with Crippen LogP contribution >= 0.6 is 0 Å². The van der Waals surface area contributed by atoms with Crippen LogP contribution < -0.4 is 10.6 Å². The summed E-state index contributed by atoms with van der Waals surface area (Å²) >= 11 is 0. The molecule has 1 rings (SSSR count). The number of rotatable bonds is 35. The van der Waals surface area contributed by atoms with Gasteiger partial charge in [0, 0.05) is 18.8 Å². The highest BCUT2D eigenvalue weighted by Crippen LogP contribution is 2.11. The summed E-state index contributed by atoms with van der Waals surface area (Å²) < 4.78 is 59.5. The van der Waals surface area contributed by atoms with Crippen LogP contribution in [0.3, 0.4) is 0 Å². The lowest BCUT2D eigenvalue weighted by Gasteiger charge is -2.19. The molecule has 0 radical (unpaired) electrons. The third-order valence-corrected chi connectivity index (χ3v) is 6.33. The van der Waals surface area contributed by atoms with Gasteiger partial charge in [-0.2, -0.15) is 0 Å². The molecule has 0 atom stereocenters. The van der Waals surface area contributed by atoms with Crippen molar-refractivity contribution in [3.63, 3.8) is 0 Å². The first-order valence-electron chi connectivity index (χ1n) is 18.0. The van der Waals surface area contributed by atoms with E-state index in [1.165, 1.54) is 0 Å². The van der Waals surface area contributed by atoms with Crippen molar-refractivity contribution in [1.29, 1.82) is 0 Å². The smallest absolute Gasteiger partial charge is 0.407 e. The zero-order valence-corrected chi connectivity index (χ0v) is 31.4. The summed E-state index contributed by atoms with van der Waals surface area (Å²) in [5.74, 6) is -0.365. The van der Waals surface area contributed by atoms with E-state index in [2.05, 4.69) is 17.6 Å². The molecule has 0 saturated heterocycles. The van der Waals surface area contributed by atoms with Crippen LogP contribution in [0.2, 0.25) is 0 Å². The Hall–Kier alpha value is -2.60. The topological polar surface area (TPSA) is 160 Å². The van der Waals surface area contributed by atoms with E-state index >= 15 is 0 Å². The van der Waals surface area contributed by atoms with Gasteiger partial charge >= 0.3 is 12.1 Å². The maximum absolute atomic E-state index is 12.1. The molecule has 15 nitrogen and oxygen atoms in total. The SMILES string of the molecule is CCCCNc1ccc(C(=O)OCCOCCOCCOCCOCCOCCOCCOCCOCCOCCNC(=O)OC(C)(C)C)cc1. The average Bonchev–Trinajstić information content (AvgIpc) is 3.10. The maximum atomic E-state index is 12.1. The fraction of sp³-hybridized carbons (Fsp3) is 0.778. The van der Waals surface area contributed by atoms with E-state index in [9.17, 15) is 9.59 Å². The number of carbonyl (C=O) groups is 2. The third-order valence-electron chi connectivity index (χ3n) is 6.33. The Kier molecular flexibility index (Phi) is 30.3. The molecule has 0 saturated carbocycles. The molecule has 0 heterocycles. The van der Waals surface area contributed by atoms with Crippen molar-refractivity contribution >= 4 is 17.7 Å². The van der Waals surface area contributed by atoms with Crippen LogP contribution in [0.25, 0.3) is 0 Å². The van der Waals surface area contributed by atoms with Gasteiger partial charge in [0.25, 0.3) is 0 Å². The van der Waals surface area contributed by atoms with Crippen LogP contribution in [0.15, 0.2) is 24.3 Å². The van der Waals surface area contributed by atoms with Crippen LogP contribution in [0, 0.1) is 0 Å². The lowest BCUT2D eigenvalue weighted by molar-refractivity contribution is -0.0259. The summed E-state index contributed by atoms with van der Waals surface area (Å²) in [6, 6.07) is 7.28. The van der Waals surface area contributed by atoms with Crippen LogP contribution in [0.1, 0.15) is 50.9 Å². The monoisotopic (exact) mass is 732 g/mol. The molecule has 0 fully saturated rings. The van der Waals surface area contributed by atoms with E-state index in [0.29, 0.717) is 131 Å². The molecule has 296 valence electrons. The molecule has 0 bridgehead atoms. The van der Waals surface area contributed by atoms with Crippen LogP contribution in [0.4, 0.5) is 10.5 Å². The second-order valence-corrected chi connectivity index (χ2v) is 11.9. The molecular formula is C36H64N2O13. The molecular weight excluding hydrogens is 668 g/mol. The van der Waals surface area contributed by atoms with E-state index in [0.717, 1.165) is 25.1 Å². The Morgan fingerprint density at radius 3 is 1.27 bits per heavy atom. The number of hydrogen-bond acceptors (Lipinski definition) is 14. The molecule has 0 unspecified atom stereocenters. The van der Waals surface area contributed by atoms with Gasteiger partial charge in [-0.1, -0.05) is 13.3 Å². The molecule has 1 amide bonds. The minimum Gasteiger partial charge on any atom is -0.460 e. The van der Waals surface area contributed by atoms with Crippen molar-refractivity contribution in [2.75, 3.05) is 144 Å². The highest BCUT2D eigenvalue weighted by Gasteiger charge is 2.15. The molecule has 1 aromatic carbocycles. The van der Waals surface area contributed by atoms with Crippen molar-refractivity contribution in [3.8, 4) is 0 Å². The Balaban J connectivity index is 1.71. The number of carbonyl (C=O) groups excluding carboxylic acids is 2. The lowest BCUT2D eigenvalue weighted by atomic mass is 10.2. The van der Waals surface area contributed by atoms with E-state index in [1.807, 2.05) is 32.9 Å². The summed E-state index contributed by atoms with van der Waals surface area (Å²) in [6.45, 7) is 17.2. The van der Waals surface area contributed by atoms with Gasteiger partial charge in [-0.3, -0.25) is 0 Å². The summed E-state index contributed by atoms with van der Waals surface area (Å²) in [4.78, 5) is 23.6. The summed E-state index contributed by atoms with van der Waals surface area (Å²) in [7, 11) is 0. The van der Waals surface area contributed by atoms with E-state index in [4.69, 9.17) is 52.1 Å². The van der Waals surface area contributed by atoms with Gasteiger partial charge in [-0.05, 0) is 51.5 Å². The first kappa shape index (κ1) is 46.4. The van der Waals surface area contributed by atoms with Crippen LogP contribution in [-0.4, -0.2) is 156 Å². The standard InChI is InChI=1S/C36H64N2O13/c1-5-6-11-37-33-9-7-32(8-10-33)34(39)50-31-30-49-29-28-48-27-26-47-25-24-46-23-22-45-21-20-44-19-18-43-17-16-42-15-14-41-13-12-38-35(40)51-36(2,3)4/h7-10,37H,5-6,11-31H2,1-4H3,(H,38,40). The van der Waals surface area contributed by atoms with Gasteiger partial charge in [0.05, 0.1) is 124 Å². The number of amides is 1. The molecule has 51 heavy (non-hydrogen) atoms. The van der Waals surface area contributed by atoms with Gasteiger partial charge < -0.3 is 62.7 Å². The quantitative estimate of drug-likeness (QED) is 0.0768. The molecule has 2 N–H and O–H groups in total. The van der Waals surface area contributed by atoms with E-state index in [-0.39, 0.29) is 12.6 Å². The Morgan fingerprint density at radius 2 is 0.902 bits per heavy atom. The molecule has 0 aliphatic rings. The minimum atomic E-state index is -0.516. The first-order chi connectivity index (χ1) is 24.8. The van der Waals surface area contributed by atoms with Gasteiger partial charge in [0.15, 0.2) is 0 Å². The number of benzene rings is 1. The average molecular weight is 733 g/mol. The first-order valence-corrected chi connectivity index (χ1v) is 18.0. The lowest BCUT2D eigenvalue weighted by Crippen LogP contribution is -2.34. The highest BCUT2D eigenvalue weighted by atomic mass is 16.6. The molecule has 0 aromatic heterocycles. The number of alkyl carbamates (subject to hydrolysis) is 1. The van der Waals surface area contributed by atoms with Gasteiger partial charge in [-0.25, -0.2) is 9.59 Å². The minimum absolute atomic E-state index is 0.185. The normalized spacial score (nSPS) is 11.5. The van der Waals surface area contributed by atoms with Gasteiger partial charge in [-0.15, -0.1) is 0 Å². The van der Waals surface area contributed by atoms with E-state index in [1.54, 1.807) is 12.1 Å². The summed E-state index contributed by atoms with van der Waals surface area (Å²) in [5.41, 5.74) is 0.991. The predicted octanol–water partition coefficient (Wildman–Crippen LogP) is 3.73. The van der Waals surface area contributed by atoms with Gasteiger partial charge in [0.2, 0.25) is 0 Å². The summed E-state index contributed by atoms with van der Waals surface area (Å²) in [5, 5.41) is 5.94. The summed E-state index contributed by atoms with van der Waals surface area (Å²) in [6.07, 6.45) is 1.78. The second kappa shape index (κ2) is 33.3. The fourth-order valence-corrected chi connectivity index (χ4v) is 3.81. The zero-order chi connectivity index (χ0) is 37.1. The van der Waals surface area contributed by atoms with Crippen molar-refractivity contribution in [3.05, 3.63) is 29.8 Å². The maximum Gasteiger partial charge on any atom is 0.407 e. The zero-order valence-electron chi connectivity index (χ0n) is 31.4. The number of hydrogen-bond donors (Lipinski definition) is 2. The van der Waals surface area contributed by atoms with Crippen molar-refractivity contribution in [2.24, 2.45) is 0 Å². The number of anilines is 1. The third kappa shape index (κ3) is 31.8. The number of esters is 1. The van der Waals surface area contributed by atoms with Crippen molar-refractivity contribution in [1.82, 2.24) is 5.32 Å². The van der Waals surface area contributed by atoms with Crippen molar-refractivity contribution < 1.29 is 61.7 Å². The fourth-order valence-electron chi connectivity index (χ4n) is 3.81. The predicted molar refractivity (Wildman–Crippen MR) is 192 cm³/mol. The van der Waals surface area contributed by atoms with Crippen LogP contribution in [0.5, 0.6) is 0 Å². The Bertz CT molecular complexity index is 948. The Labute approximate surface area is 304 Å². The molecule has 1 aromatic rings.